The first kappa shape index (κ1) is 17.1. The van der Waals surface area contributed by atoms with E-state index in [0.29, 0.717) is 11.3 Å². The molecule has 0 saturated heterocycles. The highest BCUT2D eigenvalue weighted by molar-refractivity contribution is 7.21. The third kappa shape index (κ3) is 2.50. The Morgan fingerprint density at radius 3 is 2.87 bits per heavy atom. The van der Waals surface area contributed by atoms with Crippen LogP contribution in [0.2, 0.25) is 0 Å². The Morgan fingerprint density at radius 2 is 2.00 bits per heavy atom. The molecule has 0 radical (unpaired) electrons. The average molecular weight is 412 g/mol. The van der Waals surface area contributed by atoms with Crippen molar-refractivity contribution in [2.45, 2.75) is 13.5 Å². The summed E-state index contributed by atoms with van der Waals surface area (Å²) in [5.41, 5.74) is 4.74. The predicted molar refractivity (Wildman–Crippen MR) is 119 cm³/mol. The van der Waals surface area contributed by atoms with Gasteiger partial charge in [0.15, 0.2) is 5.65 Å². The molecule has 0 unspecified atom stereocenters. The van der Waals surface area contributed by atoms with Crippen LogP contribution in [0.1, 0.15) is 6.92 Å². The highest BCUT2D eigenvalue weighted by atomic mass is 32.1. The van der Waals surface area contributed by atoms with E-state index in [-0.39, 0.29) is 5.56 Å². The quantitative estimate of drug-likeness (QED) is 0.469. The molecule has 6 aromatic rings. The molecule has 6 rings (SSSR count). The fraction of sp³-hybridized carbons (Fsp3) is 0.0909. The number of H-pyrrole nitrogens is 1. The van der Waals surface area contributed by atoms with Crippen LogP contribution in [0.4, 0.5) is 0 Å². The van der Waals surface area contributed by atoms with Gasteiger partial charge in [-0.05, 0) is 31.2 Å². The lowest BCUT2D eigenvalue weighted by atomic mass is 10.1. The first-order valence-electron chi connectivity index (χ1n) is 9.64. The highest BCUT2D eigenvalue weighted by Crippen LogP contribution is 2.32. The van der Waals surface area contributed by atoms with Gasteiger partial charge in [-0.1, -0.05) is 18.2 Å². The summed E-state index contributed by atoms with van der Waals surface area (Å²) >= 11 is 1.59. The molecule has 0 aliphatic heterocycles. The van der Waals surface area contributed by atoms with E-state index in [1.54, 1.807) is 23.6 Å². The summed E-state index contributed by atoms with van der Waals surface area (Å²) in [6.45, 7) is 2.87. The molecular formula is C22H16N6OS. The highest BCUT2D eigenvalue weighted by Gasteiger charge is 2.15. The zero-order chi connectivity index (χ0) is 20.2. The van der Waals surface area contributed by atoms with Gasteiger partial charge in [-0.25, -0.2) is 14.5 Å². The molecule has 0 amide bonds. The van der Waals surface area contributed by atoms with E-state index in [2.05, 4.69) is 17.1 Å². The van der Waals surface area contributed by atoms with Crippen molar-refractivity contribution in [2.24, 2.45) is 0 Å². The summed E-state index contributed by atoms with van der Waals surface area (Å²) in [4.78, 5) is 22.3. The summed E-state index contributed by atoms with van der Waals surface area (Å²) < 4.78 is 4.50. The Morgan fingerprint density at radius 1 is 1.10 bits per heavy atom. The van der Waals surface area contributed by atoms with Crippen molar-refractivity contribution in [2.75, 3.05) is 0 Å². The zero-order valence-corrected chi connectivity index (χ0v) is 16.8. The molecule has 0 fully saturated rings. The van der Waals surface area contributed by atoms with Crippen LogP contribution in [-0.4, -0.2) is 29.4 Å². The van der Waals surface area contributed by atoms with Gasteiger partial charge in [-0.2, -0.15) is 5.10 Å². The number of hydrogen-bond acceptors (Lipinski definition) is 5. The number of para-hydroxylation sites is 1. The first-order valence-corrected chi connectivity index (χ1v) is 10.5. The molecule has 7 nitrogen and oxygen atoms in total. The number of hydrogen-bond donors (Lipinski definition) is 1. The maximum atomic E-state index is 12.8. The van der Waals surface area contributed by atoms with Gasteiger partial charge in [-0.3, -0.25) is 14.6 Å². The lowest BCUT2D eigenvalue weighted by molar-refractivity contribution is 0.684. The number of nitrogens with one attached hydrogen (secondary N) is 1. The van der Waals surface area contributed by atoms with Crippen molar-refractivity contribution in [1.29, 1.82) is 0 Å². The molecule has 0 bridgehead atoms. The van der Waals surface area contributed by atoms with E-state index in [9.17, 15) is 4.79 Å². The van der Waals surface area contributed by atoms with Crippen LogP contribution in [0.5, 0.6) is 0 Å². The van der Waals surface area contributed by atoms with E-state index in [4.69, 9.17) is 9.97 Å². The van der Waals surface area contributed by atoms with Gasteiger partial charge in [-0.15, -0.1) is 11.3 Å². The smallest absolute Gasteiger partial charge is 0.273 e. The number of nitrogens with zero attached hydrogens (tertiary/aromatic N) is 5. The molecule has 4 aromatic heterocycles. The number of thiazole rings is 1. The van der Waals surface area contributed by atoms with E-state index < -0.39 is 0 Å². The number of benzene rings is 2. The van der Waals surface area contributed by atoms with Gasteiger partial charge in [0, 0.05) is 29.8 Å². The monoisotopic (exact) mass is 412 g/mol. The van der Waals surface area contributed by atoms with Gasteiger partial charge in [0.1, 0.15) is 5.01 Å². The second kappa shape index (κ2) is 6.36. The molecule has 0 atom stereocenters. The van der Waals surface area contributed by atoms with Crippen LogP contribution in [0, 0.1) is 0 Å². The molecule has 0 saturated carbocycles. The predicted octanol–water partition coefficient (Wildman–Crippen LogP) is 4.34. The van der Waals surface area contributed by atoms with Crippen LogP contribution in [-0.2, 0) is 6.54 Å². The minimum Gasteiger partial charge on any atom is -0.296 e. The number of rotatable bonds is 3. The van der Waals surface area contributed by atoms with Gasteiger partial charge < -0.3 is 0 Å². The van der Waals surface area contributed by atoms with Crippen LogP contribution in [0.3, 0.4) is 0 Å². The largest absolute Gasteiger partial charge is 0.296 e. The fourth-order valence-electron chi connectivity index (χ4n) is 3.77. The minimum atomic E-state index is -0.160. The van der Waals surface area contributed by atoms with E-state index in [1.807, 2.05) is 53.3 Å². The Hall–Kier alpha value is -3.78. The second-order valence-electron chi connectivity index (χ2n) is 7.05. The minimum absolute atomic E-state index is 0.160. The number of aromatic amines is 1. The average Bonchev–Trinajstić information content (AvgIpc) is 3.48. The third-order valence-electron chi connectivity index (χ3n) is 5.26. The Bertz CT molecular complexity index is 1590. The second-order valence-corrected chi connectivity index (χ2v) is 8.08. The summed E-state index contributed by atoms with van der Waals surface area (Å²) in [6, 6.07) is 15.6. The molecule has 146 valence electrons. The summed E-state index contributed by atoms with van der Waals surface area (Å²) in [5, 5.41) is 9.27. The van der Waals surface area contributed by atoms with Crippen molar-refractivity contribution in [3.63, 3.8) is 0 Å². The lowest BCUT2D eigenvalue weighted by Crippen LogP contribution is -2.14. The molecule has 0 aliphatic carbocycles. The van der Waals surface area contributed by atoms with Crippen LogP contribution < -0.4 is 5.56 Å². The van der Waals surface area contributed by atoms with Gasteiger partial charge in [0.05, 0.1) is 33.2 Å². The fourth-order valence-corrected chi connectivity index (χ4v) is 4.75. The molecule has 1 N–H and O–H groups in total. The maximum Gasteiger partial charge on any atom is 0.273 e. The molecule has 0 aliphatic rings. The SMILES string of the molecule is CCn1ncc2cc(-c3cc(=O)n4[nH]cc(-c5nc6ccccc6s5)c4n3)ccc21. The molecule has 0 spiro atoms. The zero-order valence-electron chi connectivity index (χ0n) is 16.0. The molecule has 4 heterocycles. The van der Waals surface area contributed by atoms with Gasteiger partial charge >= 0.3 is 0 Å². The van der Waals surface area contributed by atoms with Crippen molar-refractivity contribution < 1.29 is 0 Å². The van der Waals surface area contributed by atoms with E-state index in [0.717, 1.165) is 43.8 Å². The number of aromatic nitrogens is 6. The maximum absolute atomic E-state index is 12.8. The third-order valence-corrected chi connectivity index (χ3v) is 6.33. The Balaban J connectivity index is 1.54. The van der Waals surface area contributed by atoms with Crippen LogP contribution >= 0.6 is 11.3 Å². The van der Waals surface area contributed by atoms with Gasteiger partial charge in [0.2, 0.25) is 0 Å². The Kier molecular flexibility index (Phi) is 3.63. The summed E-state index contributed by atoms with van der Waals surface area (Å²) in [7, 11) is 0. The number of fused-ring (bicyclic) bond motifs is 3. The first-order chi connectivity index (χ1) is 14.7. The Labute approximate surface area is 174 Å². The lowest BCUT2D eigenvalue weighted by Gasteiger charge is -2.04. The van der Waals surface area contributed by atoms with E-state index in [1.165, 1.54) is 4.52 Å². The molecule has 8 heteroatoms. The van der Waals surface area contributed by atoms with Crippen LogP contribution in [0.25, 0.3) is 48.6 Å². The van der Waals surface area contributed by atoms with Crippen molar-refractivity contribution in [3.8, 4) is 21.8 Å². The molecule has 30 heavy (non-hydrogen) atoms. The normalized spacial score (nSPS) is 11.8. The van der Waals surface area contributed by atoms with Gasteiger partial charge in [0.25, 0.3) is 5.56 Å². The van der Waals surface area contributed by atoms with E-state index >= 15 is 0 Å². The summed E-state index contributed by atoms with van der Waals surface area (Å²) in [5.74, 6) is 0. The summed E-state index contributed by atoms with van der Waals surface area (Å²) in [6.07, 6.45) is 3.64. The van der Waals surface area contributed by atoms with Crippen molar-refractivity contribution >= 4 is 38.1 Å². The standard InChI is InChI=1S/C22H16N6OS/c1-2-27-18-8-7-13(9-14(18)11-23-27)17-10-20(29)28-21(25-17)15(12-24-28)22-26-16-5-3-4-6-19(16)30-22/h3-12,24H,2H2,1H3. The van der Waals surface area contributed by atoms with Crippen molar-refractivity contribution in [3.05, 3.63) is 71.3 Å². The topological polar surface area (TPSA) is 80.9 Å². The number of aryl methyl sites for hydroxylation is 1. The molecule has 2 aromatic carbocycles. The molecular weight excluding hydrogens is 396 g/mol. The van der Waals surface area contributed by atoms with Crippen LogP contribution in [0.15, 0.2) is 65.7 Å². The van der Waals surface area contributed by atoms with Crippen molar-refractivity contribution in [1.82, 2.24) is 29.4 Å².